The van der Waals surface area contributed by atoms with Gasteiger partial charge in [-0.25, -0.2) is 0 Å². The maximum atomic E-state index is 11.2. The molecule has 3 nitrogen and oxygen atoms in total. The van der Waals surface area contributed by atoms with Crippen molar-refractivity contribution in [3.8, 4) is 0 Å². The molecule has 0 bridgehead atoms. The van der Waals surface area contributed by atoms with Gasteiger partial charge in [0, 0.05) is 0 Å². The summed E-state index contributed by atoms with van der Waals surface area (Å²) in [6, 6.07) is 0. The number of unbranched alkanes of at least 4 members (excludes halogenated alkanes) is 1. The van der Waals surface area contributed by atoms with Crippen molar-refractivity contribution < 1.29 is 14.0 Å². The molecule has 0 N–H and O–H groups in total. The van der Waals surface area contributed by atoms with Crippen LogP contribution in [0.1, 0.15) is 40.0 Å². The Bertz CT molecular complexity index is 454. The van der Waals surface area contributed by atoms with E-state index in [1.807, 2.05) is 6.08 Å². The van der Waals surface area contributed by atoms with E-state index in [0.29, 0.717) is 0 Å². The normalized spacial score (nSPS) is 14.3. The molecule has 0 spiro atoms. The second-order valence-corrected chi connectivity index (χ2v) is 28.4. The van der Waals surface area contributed by atoms with Crippen molar-refractivity contribution in [3.63, 3.8) is 0 Å². The summed E-state index contributed by atoms with van der Waals surface area (Å²) in [5.74, 6) is -0.294. The fraction of sp³-hybridized carbons (Fsp3) is 0.737. The molecular formula is C19H38O3SiSn. The number of hydrogen-bond donors (Lipinski definition) is 0. The maximum absolute atomic E-state index is 11.2. The third-order valence-corrected chi connectivity index (χ3v) is 16.0. The Labute approximate surface area is 154 Å². The van der Waals surface area contributed by atoms with Crippen molar-refractivity contribution >= 4 is 32.7 Å². The van der Waals surface area contributed by atoms with Crippen LogP contribution in [-0.4, -0.2) is 46.4 Å². The molecule has 0 amide bonds. The van der Waals surface area contributed by atoms with Gasteiger partial charge in [-0.1, -0.05) is 0 Å². The summed E-state index contributed by atoms with van der Waals surface area (Å²) in [5.41, 5.74) is 0. The van der Waals surface area contributed by atoms with Crippen LogP contribution >= 0.6 is 0 Å². The van der Waals surface area contributed by atoms with Crippen molar-refractivity contribution in [3.05, 3.63) is 21.8 Å². The zero-order valence-corrected chi connectivity index (χ0v) is 21.1. The Kier molecular flexibility index (Phi) is 10.1. The fourth-order valence-corrected chi connectivity index (χ4v) is 7.42. The first-order chi connectivity index (χ1) is 10.8. The molecule has 24 heavy (non-hydrogen) atoms. The average Bonchev–Trinajstić information content (AvgIpc) is 2.42. The summed E-state index contributed by atoms with van der Waals surface area (Å²) in [4.78, 5) is 18.4. The standard InChI is InChI=1S/C16H29O3Si.3CH3.Sn/c1-16(2,3)20(5,6)19-14-12-10-8-7-9-11-13-15(17)18-4;;;;/h9,11,13H,8,10,12,14H2,1-6H3;3*1H3;/b9-7?,13-11+;;;;. The average molecular weight is 461 g/mol. The molecule has 0 unspecified atom stereocenters. The first-order valence-electron chi connectivity index (χ1n) is 8.91. The minimum atomic E-state index is -2.12. The molecule has 0 aliphatic carbocycles. The molecule has 0 radical (unpaired) electrons. The first-order valence-corrected chi connectivity index (χ1v) is 21.8. The van der Waals surface area contributed by atoms with Gasteiger partial charge in [-0.15, -0.1) is 0 Å². The topological polar surface area (TPSA) is 35.5 Å². The van der Waals surface area contributed by atoms with Gasteiger partial charge in [0.15, 0.2) is 0 Å². The third kappa shape index (κ3) is 9.42. The van der Waals surface area contributed by atoms with Crippen molar-refractivity contribution in [1.82, 2.24) is 0 Å². The molecule has 0 aromatic rings. The van der Waals surface area contributed by atoms with Crippen molar-refractivity contribution in [2.75, 3.05) is 13.7 Å². The molecule has 5 heteroatoms. The Morgan fingerprint density at radius 3 is 2.17 bits per heavy atom. The van der Waals surface area contributed by atoms with E-state index in [0.717, 1.165) is 25.9 Å². The quantitative estimate of drug-likeness (QED) is 0.145. The molecule has 0 saturated heterocycles. The summed E-state index contributed by atoms with van der Waals surface area (Å²) in [5, 5.41) is 0.276. The van der Waals surface area contributed by atoms with E-state index < -0.39 is 26.7 Å². The summed E-state index contributed by atoms with van der Waals surface area (Å²) < 4.78 is 12.4. The number of carbonyl (C=O) groups is 1. The zero-order chi connectivity index (χ0) is 19.0. The number of hydrogen-bond acceptors (Lipinski definition) is 3. The van der Waals surface area contributed by atoms with Gasteiger partial charge in [-0.2, -0.15) is 0 Å². The molecule has 0 heterocycles. The Balaban J connectivity index is 4.49. The van der Waals surface area contributed by atoms with E-state index in [1.54, 1.807) is 3.59 Å². The predicted octanol–water partition coefficient (Wildman–Crippen LogP) is 5.71. The SMILES string of the molecule is COC(=O)/C=C/C=[C](/CCCCO[Si](C)(C)C(C)(C)C)[Sn]([CH3])([CH3])[CH3]. The van der Waals surface area contributed by atoms with Crippen molar-refractivity contribution in [2.24, 2.45) is 0 Å². The van der Waals surface area contributed by atoms with E-state index in [2.05, 4.69) is 59.5 Å². The molecule has 0 atom stereocenters. The van der Waals surface area contributed by atoms with Crippen LogP contribution < -0.4 is 0 Å². The van der Waals surface area contributed by atoms with E-state index in [9.17, 15) is 4.79 Å². The summed E-state index contributed by atoms with van der Waals surface area (Å²) >= 11 is -2.12. The van der Waals surface area contributed by atoms with Gasteiger partial charge in [-0.05, 0) is 0 Å². The van der Waals surface area contributed by atoms with Gasteiger partial charge < -0.3 is 0 Å². The van der Waals surface area contributed by atoms with Crippen LogP contribution in [0.15, 0.2) is 21.8 Å². The van der Waals surface area contributed by atoms with Gasteiger partial charge in [0.25, 0.3) is 0 Å². The van der Waals surface area contributed by atoms with Gasteiger partial charge in [0.1, 0.15) is 0 Å². The molecular weight excluding hydrogens is 423 g/mol. The predicted molar refractivity (Wildman–Crippen MR) is 110 cm³/mol. The molecule has 0 aliphatic rings. The van der Waals surface area contributed by atoms with Crippen LogP contribution in [0.4, 0.5) is 0 Å². The first kappa shape index (κ1) is 23.9. The van der Waals surface area contributed by atoms with Gasteiger partial charge >= 0.3 is 155 Å². The molecule has 140 valence electrons. The van der Waals surface area contributed by atoms with Crippen LogP contribution in [0.3, 0.4) is 0 Å². The van der Waals surface area contributed by atoms with Crippen LogP contribution in [0.25, 0.3) is 0 Å². The second kappa shape index (κ2) is 10.2. The van der Waals surface area contributed by atoms with Crippen LogP contribution in [-0.2, 0) is 14.0 Å². The number of rotatable bonds is 9. The van der Waals surface area contributed by atoms with Crippen LogP contribution in [0.5, 0.6) is 0 Å². The fourth-order valence-electron chi connectivity index (χ4n) is 1.98. The summed E-state index contributed by atoms with van der Waals surface area (Å²) in [6.07, 6.45) is 8.86. The second-order valence-electron chi connectivity index (χ2n) is 8.89. The summed E-state index contributed by atoms with van der Waals surface area (Å²) in [7, 11) is -0.215. The van der Waals surface area contributed by atoms with Gasteiger partial charge in [0.2, 0.25) is 0 Å². The molecule has 0 fully saturated rings. The van der Waals surface area contributed by atoms with Gasteiger partial charge in [0.05, 0.1) is 0 Å². The number of methoxy groups -OCH3 is 1. The number of allylic oxidation sites excluding steroid dienone is 3. The number of carbonyl (C=O) groups excluding carboxylic acids is 1. The molecule has 0 aromatic carbocycles. The Morgan fingerprint density at radius 2 is 1.71 bits per heavy atom. The van der Waals surface area contributed by atoms with Crippen molar-refractivity contribution in [1.29, 1.82) is 0 Å². The minimum absolute atomic E-state index is 0.276. The molecule has 0 aliphatic heterocycles. The van der Waals surface area contributed by atoms with Gasteiger partial charge in [-0.3, -0.25) is 0 Å². The zero-order valence-electron chi connectivity index (χ0n) is 17.3. The molecule has 0 saturated carbocycles. The summed E-state index contributed by atoms with van der Waals surface area (Å²) in [6.45, 7) is 12.3. The van der Waals surface area contributed by atoms with E-state index in [4.69, 9.17) is 4.43 Å². The van der Waals surface area contributed by atoms with E-state index in [1.165, 1.54) is 13.2 Å². The van der Waals surface area contributed by atoms with Crippen LogP contribution in [0, 0.1) is 0 Å². The number of ether oxygens (including phenoxy) is 1. The molecule has 0 aromatic heterocycles. The van der Waals surface area contributed by atoms with Crippen molar-refractivity contribution in [2.45, 2.75) is 73.0 Å². The third-order valence-electron chi connectivity index (χ3n) is 4.80. The van der Waals surface area contributed by atoms with Crippen LogP contribution in [0.2, 0.25) is 33.0 Å². The molecule has 0 rings (SSSR count). The number of esters is 1. The van der Waals surface area contributed by atoms with E-state index in [-0.39, 0.29) is 11.0 Å². The Morgan fingerprint density at radius 1 is 1.12 bits per heavy atom. The van der Waals surface area contributed by atoms with E-state index >= 15 is 0 Å². The Hall–Kier alpha value is -0.0744. The monoisotopic (exact) mass is 462 g/mol.